The molecule has 0 fully saturated rings. The Balaban J connectivity index is 0.00000320. The van der Waals surface area contributed by atoms with Gasteiger partial charge in [-0.05, 0) is 29.8 Å². The van der Waals surface area contributed by atoms with E-state index in [-0.39, 0.29) is 24.0 Å². The number of benzene rings is 2. The minimum absolute atomic E-state index is 0. The number of halogens is 1. The van der Waals surface area contributed by atoms with E-state index in [1.54, 1.807) is 14.2 Å². The minimum Gasteiger partial charge on any atom is -0.497 e. The number of nitrogens with zero attached hydrogens (tertiary/aromatic N) is 3. The maximum absolute atomic E-state index is 5.72. The van der Waals surface area contributed by atoms with Crippen LogP contribution in [0.4, 0.5) is 0 Å². The molecule has 0 aliphatic rings. The van der Waals surface area contributed by atoms with Gasteiger partial charge in [-0.15, -0.1) is 24.0 Å². The van der Waals surface area contributed by atoms with Crippen LogP contribution < -0.4 is 20.1 Å². The van der Waals surface area contributed by atoms with E-state index in [2.05, 4.69) is 37.3 Å². The lowest BCUT2D eigenvalue weighted by Crippen LogP contribution is -2.39. The van der Waals surface area contributed by atoms with Crippen LogP contribution in [0.5, 0.6) is 11.5 Å². The van der Waals surface area contributed by atoms with E-state index in [0.717, 1.165) is 23.9 Å². The SMILES string of the molecule is CN=C(NCCOc1ccc(OC)cc1)NCc1nccn1Cc1ccccc1.I. The van der Waals surface area contributed by atoms with Gasteiger partial charge in [0.15, 0.2) is 5.96 Å². The molecule has 0 bridgehead atoms. The van der Waals surface area contributed by atoms with Crippen LogP contribution in [-0.4, -0.2) is 42.8 Å². The van der Waals surface area contributed by atoms with Gasteiger partial charge in [-0.3, -0.25) is 4.99 Å². The second kappa shape index (κ2) is 12.7. The summed E-state index contributed by atoms with van der Waals surface area (Å²) in [5.41, 5.74) is 1.24. The predicted molar refractivity (Wildman–Crippen MR) is 130 cm³/mol. The van der Waals surface area contributed by atoms with Crippen LogP contribution in [0.3, 0.4) is 0 Å². The maximum atomic E-state index is 5.72. The van der Waals surface area contributed by atoms with E-state index in [4.69, 9.17) is 9.47 Å². The first-order chi connectivity index (χ1) is 14.3. The Morgan fingerprint density at radius 2 is 1.77 bits per heavy atom. The first kappa shape index (κ1) is 23.5. The van der Waals surface area contributed by atoms with Crippen molar-refractivity contribution >= 4 is 29.9 Å². The average Bonchev–Trinajstić information content (AvgIpc) is 3.21. The van der Waals surface area contributed by atoms with Crippen LogP contribution in [0.25, 0.3) is 0 Å². The summed E-state index contributed by atoms with van der Waals surface area (Å²) < 4.78 is 13.0. The second-order valence-corrected chi connectivity index (χ2v) is 6.33. The zero-order valence-corrected chi connectivity index (χ0v) is 19.6. The Morgan fingerprint density at radius 1 is 1.03 bits per heavy atom. The van der Waals surface area contributed by atoms with Crippen molar-refractivity contribution in [2.45, 2.75) is 13.1 Å². The number of ether oxygens (including phenoxy) is 2. The molecule has 3 aromatic rings. The third kappa shape index (κ3) is 7.25. The fourth-order valence-corrected chi connectivity index (χ4v) is 2.82. The molecule has 30 heavy (non-hydrogen) atoms. The van der Waals surface area contributed by atoms with Gasteiger partial charge in [-0.1, -0.05) is 30.3 Å². The Kier molecular flexibility index (Phi) is 9.99. The molecule has 0 saturated carbocycles. The van der Waals surface area contributed by atoms with E-state index < -0.39 is 0 Å². The minimum atomic E-state index is 0. The number of aliphatic imine (C=N–C) groups is 1. The van der Waals surface area contributed by atoms with Crippen molar-refractivity contribution in [1.29, 1.82) is 0 Å². The molecule has 1 aromatic heterocycles. The molecule has 2 N–H and O–H groups in total. The Labute approximate surface area is 194 Å². The molecule has 2 aromatic carbocycles. The molecular weight excluding hydrogens is 493 g/mol. The molecule has 0 amide bonds. The molecule has 3 rings (SSSR count). The summed E-state index contributed by atoms with van der Waals surface area (Å²) in [7, 11) is 3.39. The first-order valence-electron chi connectivity index (χ1n) is 9.54. The number of aromatic nitrogens is 2. The zero-order chi connectivity index (χ0) is 20.3. The molecule has 0 atom stereocenters. The monoisotopic (exact) mass is 521 g/mol. The number of rotatable bonds is 9. The summed E-state index contributed by atoms with van der Waals surface area (Å²) in [6.45, 7) is 2.53. The normalized spacial score (nSPS) is 10.8. The van der Waals surface area contributed by atoms with E-state index in [1.807, 2.05) is 54.9 Å². The average molecular weight is 521 g/mol. The summed E-state index contributed by atoms with van der Waals surface area (Å²) in [6, 6.07) is 17.9. The van der Waals surface area contributed by atoms with Crippen LogP contribution in [0.1, 0.15) is 11.4 Å². The van der Waals surface area contributed by atoms with Gasteiger partial charge >= 0.3 is 0 Å². The number of imidazole rings is 1. The fourth-order valence-electron chi connectivity index (χ4n) is 2.82. The van der Waals surface area contributed by atoms with Crippen molar-refractivity contribution in [1.82, 2.24) is 20.2 Å². The van der Waals surface area contributed by atoms with Gasteiger partial charge in [0.05, 0.1) is 20.2 Å². The third-order valence-corrected chi connectivity index (χ3v) is 4.36. The number of nitrogens with one attached hydrogen (secondary N) is 2. The standard InChI is InChI=1S/C22H27N5O2.HI/c1-23-22(25-13-15-29-20-10-8-19(28-2)9-11-20)26-16-21-24-12-14-27(21)17-18-6-4-3-5-7-18;/h3-12,14H,13,15-17H2,1-2H3,(H2,23,25,26);1H. The highest BCUT2D eigenvalue weighted by molar-refractivity contribution is 14.0. The summed E-state index contributed by atoms with van der Waals surface area (Å²) in [6.07, 6.45) is 3.81. The van der Waals surface area contributed by atoms with Gasteiger partial charge < -0.3 is 24.7 Å². The van der Waals surface area contributed by atoms with Crippen LogP contribution in [0.2, 0.25) is 0 Å². The Morgan fingerprint density at radius 3 is 2.47 bits per heavy atom. The topological polar surface area (TPSA) is 72.7 Å². The first-order valence-corrected chi connectivity index (χ1v) is 9.54. The largest absolute Gasteiger partial charge is 0.497 e. The highest BCUT2D eigenvalue weighted by Gasteiger charge is 2.05. The molecule has 0 spiro atoms. The summed E-state index contributed by atoms with van der Waals surface area (Å²) in [5, 5.41) is 6.54. The highest BCUT2D eigenvalue weighted by atomic mass is 127. The third-order valence-electron chi connectivity index (χ3n) is 4.36. The van der Waals surface area contributed by atoms with Gasteiger partial charge in [0.25, 0.3) is 0 Å². The number of hydrogen-bond acceptors (Lipinski definition) is 4. The summed E-state index contributed by atoms with van der Waals surface area (Å²) in [5.74, 6) is 3.27. The van der Waals surface area contributed by atoms with Crippen LogP contribution in [0, 0.1) is 0 Å². The van der Waals surface area contributed by atoms with E-state index in [9.17, 15) is 0 Å². The number of hydrogen-bond donors (Lipinski definition) is 2. The smallest absolute Gasteiger partial charge is 0.191 e. The number of guanidine groups is 1. The van der Waals surface area contributed by atoms with Crippen molar-refractivity contribution in [3.63, 3.8) is 0 Å². The molecule has 8 heteroatoms. The van der Waals surface area contributed by atoms with Crippen LogP contribution >= 0.6 is 24.0 Å². The molecule has 7 nitrogen and oxygen atoms in total. The molecule has 1 heterocycles. The van der Waals surface area contributed by atoms with Gasteiger partial charge in [-0.25, -0.2) is 4.98 Å². The lowest BCUT2D eigenvalue weighted by Gasteiger charge is -2.13. The Bertz CT molecular complexity index is 897. The van der Waals surface area contributed by atoms with Gasteiger partial charge in [0, 0.05) is 26.0 Å². The molecule has 160 valence electrons. The van der Waals surface area contributed by atoms with Gasteiger partial charge in [-0.2, -0.15) is 0 Å². The molecule has 0 saturated heterocycles. The zero-order valence-electron chi connectivity index (χ0n) is 17.2. The summed E-state index contributed by atoms with van der Waals surface area (Å²) >= 11 is 0. The lowest BCUT2D eigenvalue weighted by atomic mass is 10.2. The van der Waals surface area contributed by atoms with Crippen LogP contribution in [-0.2, 0) is 13.1 Å². The molecule has 0 aliphatic carbocycles. The van der Waals surface area contributed by atoms with Crippen molar-refractivity contribution in [3.05, 3.63) is 78.4 Å². The predicted octanol–water partition coefficient (Wildman–Crippen LogP) is 3.30. The van der Waals surface area contributed by atoms with E-state index in [1.165, 1.54) is 5.56 Å². The fraction of sp³-hybridized carbons (Fsp3) is 0.273. The quantitative estimate of drug-likeness (QED) is 0.196. The van der Waals surface area contributed by atoms with Crippen molar-refractivity contribution < 1.29 is 9.47 Å². The maximum Gasteiger partial charge on any atom is 0.191 e. The van der Waals surface area contributed by atoms with Crippen molar-refractivity contribution in [2.24, 2.45) is 4.99 Å². The summed E-state index contributed by atoms with van der Waals surface area (Å²) in [4.78, 5) is 8.71. The van der Waals surface area contributed by atoms with Crippen molar-refractivity contribution in [3.8, 4) is 11.5 Å². The molecule has 0 radical (unpaired) electrons. The molecule has 0 unspecified atom stereocenters. The van der Waals surface area contributed by atoms with Gasteiger partial charge in [0.2, 0.25) is 0 Å². The Hall–Kier alpha value is -2.75. The highest BCUT2D eigenvalue weighted by Crippen LogP contribution is 2.16. The second-order valence-electron chi connectivity index (χ2n) is 6.33. The number of methoxy groups -OCH3 is 1. The van der Waals surface area contributed by atoms with E-state index >= 15 is 0 Å². The molecular formula is C22H28IN5O2. The van der Waals surface area contributed by atoms with Crippen molar-refractivity contribution in [2.75, 3.05) is 27.3 Å². The van der Waals surface area contributed by atoms with Crippen LogP contribution in [0.15, 0.2) is 72.0 Å². The molecule has 0 aliphatic heterocycles. The van der Waals surface area contributed by atoms with Gasteiger partial charge in [0.1, 0.15) is 23.9 Å². The van der Waals surface area contributed by atoms with E-state index in [0.29, 0.717) is 25.7 Å². The lowest BCUT2D eigenvalue weighted by molar-refractivity contribution is 0.321.